The molecule has 2 N–H and O–H groups in total. The van der Waals surface area contributed by atoms with Gasteiger partial charge in [0.05, 0.1) is 28.8 Å². The molecule has 1 aromatic rings. The first-order chi connectivity index (χ1) is 13.7. The van der Waals surface area contributed by atoms with Crippen LogP contribution in [0, 0.1) is 0 Å². The molecule has 11 heteroatoms. The van der Waals surface area contributed by atoms with E-state index in [1.807, 2.05) is 13.8 Å². The molecule has 1 aromatic carbocycles. The average molecular weight is 466 g/mol. The molecule has 0 spiro atoms. The summed E-state index contributed by atoms with van der Waals surface area (Å²) >= 11 is 12.2. The van der Waals surface area contributed by atoms with Crippen LogP contribution >= 0.6 is 23.2 Å². The van der Waals surface area contributed by atoms with Crippen molar-refractivity contribution < 1.29 is 22.7 Å². The first kappa shape index (κ1) is 23.9. The minimum absolute atomic E-state index is 0.0229. The molecule has 1 saturated heterocycles. The summed E-state index contributed by atoms with van der Waals surface area (Å²) in [5.74, 6) is -0.765. The van der Waals surface area contributed by atoms with Gasteiger partial charge < -0.3 is 15.4 Å². The number of morpholine rings is 1. The van der Waals surface area contributed by atoms with Gasteiger partial charge in [0, 0.05) is 32.1 Å². The number of hydrogen-bond acceptors (Lipinski definition) is 5. The van der Waals surface area contributed by atoms with Crippen LogP contribution in [-0.4, -0.2) is 63.4 Å². The molecule has 0 aliphatic carbocycles. The molecule has 0 aromatic heterocycles. The Hall–Kier alpha value is -1.39. The van der Waals surface area contributed by atoms with Crippen molar-refractivity contribution in [1.82, 2.24) is 14.9 Å². The summed E-state index contributed by atoms with van der Waals surface area (Å²) in [6, 6.07) is 2.46. The van der Waals surface area contributed by atoms with Crippen LogP contribution < -0.4 is 10.6 Å². The Labute approximate surface area is 180 Å². The summed E-state index contributed by atoms with van der Waals surface area (Å²) in [6.45, 7) is 4.92. The van der Waals surface area contributed by atoms with Crippen molar-refractivity contribution in [2.75, 3.05) is 32.8 Å². The van der Waals surface area contributed by atoms with Crippen LogP contribution in [-0.2, 0) is 19.6 Å². The first-order valence-corrected chi connectivity index (χ1v) is 11.5. The Bertz CT molecular complexity index is 857. The Morgan fingerprint density at radius 2 is 1.86 bits per heavy atom. The normalized spacial score (nSPS) is 16.3. The number of hydrogen-bond donors (Lipinski definition) is 2. The standard InChI is InChI=1S/C18H25Cl2N3O5S/c1-3-12(2)22-17(24)4-5-21-18(25)13-10-16(15(20)11-14(13)19)29(26,27)23-6-8-28-9-7-23/h10-12H,3-9H2,1-2H3,(H,21,25)(H,22,24). The lowest BCUT2D eigenvalue weighted by atomic mass is 10.2. The van der Waals surface area contributed by atoms with Crippen LogP contribution in [0.15, 0.2) is 17.0 Å². The van der Waals surface area contributed by atoms with Crippen molar-refractivity contribution >= 4 is 45.0 Å². The van der Waals surface area contributed by atoms with Gasteiger partial charge >= 0.3 is 0 Å². The maximum absolute atomic E-state index is 12.9. The Morgan fingerprint density at radius 3 is 2.48 bits per heavy atom. The molecule has 29 heavy (non-hydrogen) atoms. The topological polar surface area (TPSA) is 105 Å². The molecule has 162 valence electrons. The molecule has 1 fully saturated rings. The largest absolute Gasteiger partial charge is 0.379 e. The highest BCUT2D eigenvalue weighted by atomic mass is 35.5. The summed E-state index contributed by atoms with van der Waals surface area (Å²) in [7, 11) is -3.90. The Morgan fingerprint density at radius 1 is 1.21 bits per heavy atom. The summed E-state index contributed by atoms with van der Waals surface area (Å²) < 4.78 is 32.2. The van der Waals surface area contributed by atoms with Crippen LogP contribution in [0.5, 0.6) is 0 Å². The number of nitrogens with zero attached hydrogens (tertiary/aromatic N) is 1. The maximum atomic E-state index is 12.9. The second kappa shape index (κ2) is 10.6. The third kappa shape index (κ3) is 6.29. The van der Waals surface area contributed by atoms with Crippen LogP contribution in [0.3, 0.4) is 0 Å². The minimum atomic E-state index is -3.90. The molecule has 1 atom stereocenters. The predicted octanol–water partition coefficient (Wildman–Crippen LogP) is 2.05. The quantitative estimate of drug-likeness (QED) is 0.610. The van der Waals surface area contributed by atoms with Gasteiger partial charge in [-0.1, -0.05) is 30.1 Å². The molecule has 0 radical (unpaired) electrons. The predicted molar refractivity (Wildman–Crippen MR) is 111 cm³/mol. The van der Waals surface area contributed by atoms with Crippen LogP contribution in [0.4, 0.5) is 0 Å². The molecule has 0 bridgehead atoms. The zero-order valence-electron chi connectivity index (χ0n) is 16.3. The molecular formula is C18H25Cl2N3O5S. The second-order valence-corrected chi connectivity index (χ2v) is 9.38. The molecule has 0 saturated carbocycles. The highest BCUT2D eigenvalue weighted by Gasteiger charge is 2.30. The van der Waals surface area contributed by atoms with E-state index in [-0.39, 0.29) is 71.7 Å². The molecular weight excluding hydrogens is 441 g/mol. The van der Waals surface area contributed by atoms with Gasteiger partial charge in [-0.15, -0.1) is 0 Å². The molecule has 1 unspecified atom stereocenters. The van der Waals surface area contributed by atoms with Crippen LogP contribution in [0.25, 0.3) is 0 Å². The highest BCUT2D eigenvalue weighted by Crippen LogP contribution is 2.31. The lowest BCUT2D eigenvalue weighted by molar-refractivity contribution is -0.121. The average Bonchev–Trinajstić information content (AvgIpc) is 2.68. The fourth-order valence-electron chi connectivity index (χ4n) is 2.66. The van der Waals surface area contributed by atoms with Crippen molar-refractivity contribution in [1.29, 1.82) is 0 Å². The third-order valence-corrected chi connectivity index (χ3v) is 7.19. The number of rotatable bonds is 8. The van der Waals surface area contributed by atoms with Gasteiger partial charge in [0.25, 0.3) is 5.91 Å². The number of halogens is 2. The van der Waals surface area contributed by atoms with E-state index in [0.717, 1.165) is 6.42 Å². The Balaban J connectivity index is 2.12. The van der Waals surface area contributed by atoms with Crippen molar-refractivity contribution in [3.8, 4) is 0 Å². The SMILES string of the molecule is CCC(C)NC(=O)CCNC(=O)c1cc(S(=O)(=O)N2CCOCC2)c(Cl)cc1Cl. The van der Waals surface area contributed by atoms with E-state index >= 15 is 0 Å². The van der Waals surface area contributed by atoms with Crippen molar-refractivity contribution in [3.63, 3.8) is 0 Å². The highest BCUT2D eigenvalue weighted by molar-refractivity contribution is 7.89. The molecule has 1 aliphatic rings. The summed E-state index contributed by atoms with van der Waals surface area (Å²) in [4.78, 5) is 24.1. The number of carbonyl (C=O) groups excluding carboxylic acids is 2. The minimum Gasteiger partial charge on any atom is -0.379 e. The van der Waals surface area contributed by atoms with E-state index in [4.69, 9.17) is 27.9 Å². The van der Waals surface area contributed by atoms with E-state index in [0.29, 0.717) is 0 Å². The number of benzene rings is 1. The van der Waals surface area contributed by atoms with E-state index in [1.165, 1.54) is 16.4 Å². The zero-order chi connectivity index (χ0) is 21.6. The number of carbonyl (C=O) groups is 2. The van der Waals surface area contributed by atoms with Gasteiger partial charge in [-0.25, -0.2) is 8.42 Å². The van der Waals surface area contributed by atoms with Crippen molar-refractivity contribution in [2.24, 2.45) is 0 Å². The van der Waals surface area contributed by atoms with E-state index in [2.05, 4.69) is 10.6 Å². The molecule has 1 heterocycles. The zero-order valence-corrected chi connectivity index (χ0v) is 18.7. The first-order valence-electron chi connectivity index (χ1n) is 9.31. The van der Waals surface area contributed by atoms with Crippen molar-refractivity contribution in [3.05, 3.63) is 27.7 Å². The van der Waals surface area contributed by atoms with E-state index in [1.54, 1.807) is 0 Å². The molecule has 8 nitrogen and oxygen atoms in total. The maximum Gasteiger partial charge on any atom is 0.252 e. The fourth-order valence-corrected chi connectivity index (χ4v) is 4.90. The van der Waals surface area contributed by atoms with Crippen LogP contribution in [0.1, 0.15) is 37.0 Å². The number of sulfonamides is 1. The van der Waals surface area contributed by atoms with Gasteiger partial charge in [0.2, 0.25) is 15.9 Å². The van der Waals surface area contributed by atoms with Gasteiger partial charge in [-0.2, -0.15) is 4.31 Å². The van der Waals surface area contributed by atoms with Gasteiger partial charge in [0.15, 0.2) is 0 Å². The number of amides is 2. The smallest absolute Gasteiger partial charge is 0.252 e. The summed E-state index contributed by atoms with van der Waals surface area (Å²) in [6.07, 6.45) is 0.902. The number of nitrogens with one attached hydrogen (secondary N) is 2. The van der Waals surface area contributed by atoms with Crippen molar-refractivity contribution in [2.45, 2.75) is 37.6 Å². The lowest BCUT2D eigenvalue weighted by Gasteiger charge is -2.26. The van der Waals surface area contributed by atoms with E-state index < -0.39 is 15.9 Å². The second-order valence-electron chi connectivity index (χ2n) is 6.66. The van der Waals surface area contributed by atoms with Gasteiger partial charge in [-0.05, 0) is 25.5 Å². The lowest BCUT2D eigenvalue weighted by Crippen LogP contribution is -2.40. The van der Waals surface area contributed by atoms with Crippen LogP contribution in [0.2, 0.25) is 10.0 Å². The summed E-state index contributed by atoms with van der Waals surface area (Å²) in [5, 5.41) is 5.34. The fraction of sp³-hybridized carbons (Fsp3) is 0.556. The monoisotopic (exact) mass is 465 g/mol. The molecule has 2 rings (SSSR count). The molecule has 1 aliphatic heterocycles. The van der Waals surface area contributed by atoms with Gasteiger partial charge in [0.1, 0.15) is 4.90 Å². The van der Waals surface area contributed by atoms with E-state index in [9.17, 15) is 18.0 Å². The molecule has 2 amide bonds. The summed E-state index contributed by atoms with van der Waals surface area (Å²) in [5.41, 5.74) is -0.0229. The number of ether oxygens (including phenoxy) is 1. The van der Waals surface area contributed by atoms with Gasteiger partial charge in [-0.3, -0.25) is 9.59 Å². The Kier molecular flexibility index (Phi) is 8.72. The third-order valence-electron chi connectivity index (χ3n) is 4.51.